The summed E-state index contributed by atoms with van der Waals surface area (Å²) in [5.74, 6) is 0.508. The maximum Gasteiger partial charge on any atom is 0.255 e. The standard InChI is InChI=1S/C15H18N6O/c1-20-6-8-21(9-7-20)15-17-10-13(11-18-15)19-14(22)12-2-4-16-5-3-12/h2-5,10-11H,6-9H2,1H3,(H,19,22). The van der Waals surface area contributed by atoms with Crippen LogP contribution in [-0.2, 0) is 0 Å². The van der Waals surface area contributed by atoms with Gasteiger partial charge in [0.2, 0.25) is 5.95 Å². The second kappa shape index (κ2) is 6.48. The average Bonchev–Trinajstić information content (AvgIpc) is 2.57. The number of amides is 1. The highest BCUT2D eigenvalue weighted by Gasteiger charge is 2.16. The van der Waals surface area contributed by atoms with E-state index >= 15 is 0 Å². The predicted octanol–water partition coefficient (Wildman–Crippen LogP) is 0.876. The third-order valence-electron chi connectivity index (χ3n) is 3.62. The molecule has 1 aliphatic rings. The Labute approximate surface area is 129 Å². The van der Waals surface area contributed by atoms with Crippen molar-refractivity contribution in [2.24, 2.45) is 0 Å². The van der Waals surface area contributed by atoms with Crippen molar-refractivity contribution in [3.63, 3.8) is 0 Å². The van der Waals surface area contributed by atoms with E-state index < -0.39 is 0 Å². The summed E-state index contributed by atoms with van der Waals surface area (Å²) in [5.41, 5.74) is 1.14. The molecule has 1 saturated heterocycles. The number of aromatic nitrogens is 3. The summed E-state index contributed by atoms with van der Waals surface area (Å²) < 4.78 is 0. The maximum atomic E-state index is 12.0. The van der Waals surface area contributed by atoms with Gasteiger partial charge in [-0.2, -0.15) is 0 Å². The SMILES string of the molecule is CN1CCN(c2ncc(NC(=O)c3ccncc3)cn2)CC1. The largest absolute Gasteiger partial charge is 0.338 e. The van der Waals surface area contributed by atoms with E-state index in [-0.39, 0.29) is 5.91 Å². The van der Waals surface area contributed by atoms with Crippen molar-refractivity contribution in [2.75, 3.05) is 43.4 Å². The molecule has 0 aromatic carbocycles. The lowest BCUT2D eigenvalue weighted by molar-refractivity contribution is 0.102. The van der Waals surface area contributed by atoms with Crippen LogP contribution in [-0.4, -0.2) is 59.0 Å². The van der Waals surface area contributed by atoms with Crippen LogP contribution in [0, 0.1) is 0 Å². The van der Waals surface area contributed by atoms with E-state index in [1.165, 1.54) is 0 Å². The van der Waals surface area contributed by atoms with E-state index in [0.717, 1.165) is 26.2 Å². The Morgan fingerprint density at radius 2 is 1.73 bits per heavy atom. The summed E-state index contributed by atoms with van der Waals surface area (Å²) in [6.07, 6.45) is 6.45. The zero-order chi connectivity index (χ0) is 15.4. The number of piperazine rings is 1. The molecule has 7 heteroatoms. The molecule has 0 bridgehead atoms. The topological polar surface area (TPSA) is 74.2 Å². The summed E-state index contributed by atoms with van der Waals surface area (Å²) >= 11 is 0. The van der Waals surface area contributed by atoms with Gasteiger partial charge in [-0.3, -0.25) is 9.78 Å². The van der Waals surface area contributed by atoms with Gasteiger partial charge in [-0.15, -0.1) is 0 Å². The third kappa shape index (κ3) is 3.37. The zero-order valence-corrected chi connectivity index (χ0v) is 12.4. The zero-order valence-electron chi connectivity index (χ0n) is 12.4. The van der Waals surface area contributed by atoms with Crippen molar-refractivity contribution in [2.45, 2.75) is 0 Å². The number of carbonyl (C=O) groups excluding carboxylic acids is 1. The van der Waals surface area contributed by atoms with Crippen LogP contribution >= 0.6 is 0 Å². The van der Waals surface area contributed by atoms with E-state index in [1.54, 1.807) is 36.9 Å². The quantitative estimate of drug-likeness (QED) is 0.906. The highest BCUT2D eigenvalue weighted by Crippen LogP contribution is 2.13. The molecule has 0 spiro atoms. The van der Waals surface area contributed by atoms with Crippen molar-refractivity contribution in [1.82, 2.24) is 19.9 Å². The predicted molar refractivity (Wildman–Crippen MR) is 83.9 cm³/mol. The maximum absolute atomic E-state index is 12.0. The van der Waals surface area contributed by atoms with Gasteiger partial charge in [-0.05, 0) is 19.2 Å². The Kier molecular flexibility index (Phi) is 4.24. The molecule has 0 radical (unpaired) electrons. The van der Waals surface area contributed by atoms with Gasteiger partial charge in [-0.1, -0.05) is 0 Å². The minimum absolute atomic E-state index is 0.196. The molecule has 7 nitrogen and oxygen atoms in total. The highest BCUT2D eigenvalue weighted by molar-refractivity contribution is 6.03. The first kappa shape index (κ1) is 14.4. The molecule has 3 rings (SSSR count). The van der Waals surface area contributed by atoms with E-state index in [9.17, 15) is 4.79 Å². The fourth-order valence-corrected chi connectivity index (χ4v) is 2.26. The lowest BCUT2D eigenvalue weighted by atomic mass is 10.2. The fourth-order valence-electron chi connectivity index (χ4n) is 2.26. The number of carbonyl (C=O) groups is 1. The number of pyridine rings is 1. The van der Waals surface area contributed by atoms with Crippen LogP contribution in [0.4, 0.5) is 11.6 Å². The minimum Gasteiger partial charge on any atom is -0.338 e. The van der Waals surface area contributed by atoms with Crippen LogP contribution < -0.4 is 10.2 Å². The summed E-state index contributed by atoms with van der Waals surface area (Å²) in [6.45, 7) is 3.84. The molecule has 2 aromatic heterocycles. The van der Waals surface area contributed by atoms with Gasteiger partial charge < -0.3 is 15.1 Å². The lowest BCUT2D eigenvalue weighted by Gasteiger charge is -2.32. The molecule has 1 amide bonds. The van der Waals surface area contributed by atoms with Crippen LogP contribution in [0.15, 0.2) is 36.9 Å². The number of rotatable bonds is 3. The fraction of sp³-hybridized carbons (Fsp3) is 0.333. The number of hydrogen-bond donors (Lipinski definition) is 1. The number of likely N-dealkylation sites (N-methyl/N-ethyl adjacent to an activating group) is 1. The minimum atomic E-state index is -0.196. The molecule has 114 valence electrons. The Morgan fingerprint density at radius 3 is 2.36 bits per heavy atom. The van der Waals surface area contributed by atoms with Crippen molar-refractivity contribution in [3.05, 3.63) is 42.5 Å². The Balaban J connectivity index is 1.63. The molecule has 1 N–H and O–H groups in total. The second-order valence-electron chi connectivity index (χ2n) is 5.25. The number of hydrogen-bond acceptors (Lipinski definition) is 6. The Hall–Kier alpha value is -2.54. The van der Waals surface area contributed by atoms with E-state index in [4.69, 9.17) is 0 Å². The van der Waals surface area contributed by atoms with E-state index in [1.807, 2.05) is 0 Å². The molecular weight excluding hydrogens is 280 g/mol. The van der Waals surface area contributed by atoms with E-state index in [0.29, 0.717) is 17.2 Å². The van der Waals surface area contributed by atoms with Crippen molar-refractivity contribution < 1.29 is 4.79 Å². The monoisotopic (exact) mass is 298 g/mol. The molecule has 0 atom stereocenters. The molecule has 0 unspecified atom stereocenters. The molecule has 3 heterocycles. The summed E-state index contributed by atoms with van der Waals surface area (Å²) in [6, 6.07) is 3.32. The lowest BCUT2D eigenvalue weighted by Crippen LogP contribution is -2.45. The van der Waals surface area contributed by atoms with Gasteiger partial charge in [0.25, 0.3) is 5.91 Å². The van der Waals surface area contributed by atoms with Gasteiger partial charge in [0.1, 0.15) is 0 Å². The van der Waals surface area contributed by atoms with Crippen molar-refractivity contribution in [3.8, 4) is 0 Å². The van der Waals surface area contributed by atoms with Gasteiger partial charge in [0, 0.05) is 44.1 Å². The van der Waals surface area contributed by atoms with Gasteiger partial charge >= 0.3 is 0 Å². The first-order valence-corrected chi connectivity index (χ1v) is 7.19. The molecule has 1 fully saturated rings. The number of nitrogens with one attached hydrogen (secondary N) is 1. The Morgan fingerprint density at radius 1 is 1.09 bits per heavy atom. The molecular formula is C15H18N6O. The summed E-state index contributed by atoms with van der Waals surface area (Å²) in [4.78, 5) is 29.0. The summed E-state index contributed by atoms with van der Waals surface area (Å²) in [5, 5.41) is 2.78. The van der Waals surface area contributed by atoms with Crippen molar-refractivity contribution >= 4 is 17.5 Å². The van der Waals surface area contributed by atoms with E-state index in [2.05, 4.69) is 37.1 Å². The van der Waals surface area contributed by atoms with Gasteiger partial charge in [-0.25, -0.2) is 9.97 Å². The highest BCUT2D eigenvalue weighted by atomic mass is 16.1. The molecule has 1 aliphatic heterocycles. The van der Waals surface area contributed by atoms with Crippen LogP contribution in [0.2, 0.25) is 0 Å². The molecule has 0 aliphatic carbocycles. The van der Waals surface area contributed by atoms with Crippen LogP contribution in [0.5, 0.6) is 0 Å². The molecule has 0 saturated carbocycles. The first-order valence-electron chi connectivity index (χ1n) is 7.19. The van der Waals surface area contributed by atoms with Crippen LogP contribution in [0.25, 0.3) is 0 Å². The number of nitrogens with zero attached hydrogens (tertiary/aromatic N) is 5. The third-order valence-corrected chi connectivity index (χ3v) is 3.62. The summed E-state index contributed by atoms with van der Waals surface area (Å²) in [7, 11) is 2.11. The van der Waals surface area contributed by atoms with Crippen LogP contribution in [0.1, 0.15) is 10.4 Å². The smallest absolute Gasteiger partial charge is 0.255 e. The molecule has 2 aromatic rings. The second-order valence-corrected chi connectivity index (χ2v) is 5.25. The first-order chi connectivity index (χ1) is 10.7. The normalized spacial score (nSPS) is 15.6. The molecule has 22 heavy (non-hydrogen) atoms. The van der Waals surface area contributed by atoms with Crippen molar-refractivity contribution in [1.29, 1.82) is 0 Å². The number of anilines is 2. The van der Waals surface area contributed by atoms with Gasteiger partial charge in [0.15, 0.2) is 0 Å². The van der Waals surface area contributed by atoms with Gasteiger partial charge in [0.05, 0.1) is 18.1 Å². The average molecular weight is 298 g/mol. The Bertz CT molecular complexity index is 622. The van der Waals surface area contributed by atoms with Crippen LogP contribution in [0.3, 0.4) is 0 Å².